The van der Waals surface area contributed by atoms with Crippen LogP contribution >= 0.6 is 11.6 Å². The Labute approximate surface area is 190 Å². The van der Waals surface area contributed by atoms with Gasteiger partial charge in [-0.1, -0.05) is 29.8 Å². The van der Waals surface area contributed by atoms with E-state index in [9.17, 15) is 14.7 Å². The largest absolute Gasteiger partial charge is 0.394 e. The number of para-hydroxylation sites is 1. The van der Waals surface area contributed by atoms with E-state index in [1.54, 1.807) is 52.4 Å². The number of nitrogens with zero attached hydrogens (tertiary/aromatic N) is 3. The maximum atomic E-state index is 13.2. The fraction of sp³-hybridized carbons (Fsp3) is 0.208. The third-order valence-corrected chi connectivity index (χ3v) is 6.42. The van der Waals surface area contributed by atoms with Crippen LogP contribution in [0.15, 0.2) is 73.1 Å². The van der Waals surface area contributed by atoms with Crippen LogP contribution in [0.5, 0.6) is 0 Å². The number of carbonyl (C=O) groups excluding carboxylic acids is 2. The van der Waals surface area contributed by atoms with E-state index in [-0.39, 0.29) is 36.5 Å². The van der Waals surface area contributed by atoms with Crippen molar-refractivity contribution < 1.29 is 14.7 Å². The van der Waals surface area contributed by atoms with Gasteiger partial charge < -0.3 is 15.3 Å². The van der Waals surface area contributed by atoms with Crippen LogP contribution in [0.2, 0.25) is 5.02 Å². The summed E-state index contributed by atoms with van der Waals surface area (Å²) in [5, 5.41) is 13.6. The molecule has 3 heterocycles. The average Bonchev–Trinajstić information content (AvgIpc) is 2.81. The van der Waals surface area contributed by atoms with E-state index in [1.165, 1.54) is 6.20 Å². The number of amides is 3. The number of pyridine rings is 1. The molecular weight excluding hydrogens is 428 g/mol. The Balaban J connectivity index is 1.46. The lowest BCUT2D eigenvalue weighted by atomic mass is 9.71. The van der Waals surface area contributed by atoms with Crippen molar-refractivity contribution in [1.29, 1.82) is 0 Å². The summed E-state index contributed by atoms with van der Waals surface area (Å²) in [6.45, 7) is 0.169. The quantitative estimate of drug-likeness (QED) is 0.639. The second kappa shape index (κ2) is 8.26. The first kappa shape index (κ1) is 20.5. The van der Waals surface area contributed by atoms with Crippen LogP contribution in [0.25, 0.3) is 0 Å². The van der Waals surface area contributed by atoms with Crippen molar-refractivity contribution in [2.75, 3.05) is 23.4 Å². The smallest absolute Gasteiger partial charge is 0.326 e. The summed E-state index contributed by atoms with van der Waals surface area (Å²) in [4.78, 5) is 33.8. The Kier molecular flexibility index (Phi) is 5.28. The number of fused-ring (bicyclic) bond motifs is 3. The fourth-order valence-electron chi connectivity index (χ4n) is 4.72. The molecule has 5 rings (SSSR count). The van der Waals surface area contributed by atoms with Crippen LogP contribution in [-0.2, 0) is 0 Å². The third kappa shape index (κ3) is 3.39. The van der Waals surface area contributed by atoms with E-state index in [1.807, 2.05) is 24.3 Å². The van der Waals surface area contributed by atoms with Crippen LogP contribution in [0.3, 0.4) is 0 Å². The van der Waals surface area contributed by atoms with Gasteiger partial charge in [0, 0.05) is 41.3 Å². The number of aliphatic hydroxyl groups excluding tert-OH is 1. The van der Waals surface area contributed by atoms with Gasteiger partial charge >= 0.3 is 6.03 Å². The monoisotopic (exact) mass is 448 g/mol. The van der Waals surface area contributed by atoms with Gasteiger partial charge in [0.05, 0.1) is 24.3 Å². The van der Waals surface area contributed by atoms with Crippen LogP contribution in [0.1, 0.15) is 21.8 Å². The first-order valence-corrected chi connectivity index (χ1v) is 10.7. The molecule has 2 N–H and O–H groups in total. The summed E-state index contributed by atoms with van der Waals surface area (Å²) in [5.41, 5.74) is 2.82. The molecule has 0 radical (unpaired) electrons. The molecule has 0 saturated carbocycles. The van der Waals surface area contributed by atoms with E-state index in [0.717, 1.165) is 11.3 Å². The molecule has 3 atom stereocenters. The highest BCUT2D eigenvalue weighted by molar-refractivity contribution is 6.30. The van der Waals surface area contributed by atoms with E-state index >= 15 is 0 Å². The second-order valence-corrected chi connectivity index (χ2v) is 8.34. The van der Waals surface area contributed by atoms with E-state index in [4.69, 9.17) is 11.6 Å². The van der Waals surface area contributed by atoms with Crippen LogP contribution in [0.4, 0.5) is 16.2 Å². The minimum atomic E-state index is -0.352. The lowest BCUT2D eigenvalue weighted by molar-refractivity contribution is -0.0241. The van der Waals surface area contributed by atoms with Gasteiger partial charge in [0.2, 0.25) is 0 Å². The SMILES string of the molecule is O=C(Nc1ccc(Cl)cc1)N1C[C@H]2[C@@H](c3ccccc31)[C@H](CO)N2C(=O)c1cccnc1. The molecule has 162 valence electrons. The Morgan fingerprint density at radius 1 is 1.09 bits per heavy atom. The van der Waals surface area contributed by atoms with Gasteiger partial charge in [0.15, 0.2) is 0 Å². The van der Waals surface area contributed by atoms with E-state index in [0.29, 0.717) is 22.8 Å². The van der Waals surface area contributed by atoms with E-state index in [2.05, 4.69) is 10.3 Å². The number of benzene rings is 2. The lowest BCUT2D eigenvalue weighted by Crippen LogP contribution is -2.71. The molecule has 0 spiro atoms. The molecular formula is C24H21ClN4O3. The maximum absolute atomic E-state index is 13.2. The highest BCUT2D eigenvalue weighted by Crippen LogP contribution is 2.48. The minimum absolute atomic E-state index is 0.0450. The Morgan fingerprint density at radius 2 is 1.88 bits per heavy atom. The van der Waals surface area contributed by atoms with Crippen LogP contribution in [0, 0.1) is 0 Å². The number of carbonyl (C=O) groups is 2. The van der Waals surface area contributed by atoms with Crippen molar-refractivity contribution >= 4 is 34.9 Å². The summed E-state index contributed by atoms with van der Waals surface area (Å²) in [7, 11) is 0. The molecule has 7 nitrogen and oxygen atoms in total. The van der Waals surface area contributed by atoms with Crippen molar-refractivity contribution in [3.05, 3.63) is 89.2 Å². The molecule has 0 aliphatic carbocycles. The molecule has 0 bridgehead atoms. The van der Waals surface area contributed by atoms with Crippen molar-refractivity contribution in [3.8, 4) is 0 Å². The number of aliphatic hydroxyl groups is 1. The van der Waals surface area contributed by atoms with Crippen molar-refractivity contribution in [2.24, 2.45) is 0 Å². The van der Waals surface area contributed by atoms with Crippen LogP contribution < -0.4 is 10.2 Å². The number of hydrogen-bond donors (Lipinski definition) is 2. The van der Waals surface area contributed by atoms with E-state index < -0.39 is 0 Å². The third-order valence-electron chi connectivity index (χ3n) is 6.17. The number of likely N-dealkylation sites (tertiary alicyclic amines) is 1. The molecule has 32 heavy (non-hydrogen) atoms. The number of rotatable bonds is 3. The van der Waals surface area contributed by atoms with Gasteiger partial charge in [-0.2, -0.15) is 0 Å². The zero-order valence-electron chi connectivity index (χ0n) is 17.1. The average molecular weight is 449 g/mol. The molecule has 1 saturated heterocycles. The molecule has 1 aromatic heterocycles. The number of halogens is 1. The Bertz CT molecular complexity index is 1160. The predicted octanol–water partition coefficient (Wildman–Crippen LogP) is 3.76. The summed E-state index contributed by atoms with van der Waals surface area (Å²) < 4.78 is 0. The normalized spacial score (nSPS) is 21.2. The first-order valence-electron chi connectivity index (χ1n) is 10.3. The van der Waals surface area contributed by atoms with Gasteiger partial charge in [-0.25, -0.2) is 4.79 Å². The topological polar surface area (TPSA) is 85.8 Å². The summed E-state index contributed by atoms with van der Waals surface area (Å²) >= 11 is 5.94. The number of aromatic nitrogens is 1. The molecule has 0 unspecified atom stereocenters. The van der Waals surface area contributed by atoms with Gasteiger partial charge in [-0.15, -0.1) is 0 Å². The molecule has 2 aliphatic rings. The van der Waals surface area contributed by atoms with Gasteiger partial charge in [0.25, 0.3) is 5.91 Å². The lowest BCUT2D eigenvalue weighted by Gasteiger charge is -2.58. The highest BCUT2D eigenvalue weighted by Gasteiger charge is 2.55. The number of nitrogens with one attached hydrogen (secondary N) is 1. The summed E-state index contributed by atoms with van der Waals surface area (Å²) in [5.74, 6) is -0.243. The molecule has 8 heteroatoms. The number of anilines is 2. The Morgan fingerprint density at radius 3 is 2.59 bits per heavy atom. The van der Waals surface area contributed by atoms with Crippen LogP contribution in [-0.4, -0.2) is 52.2 Å². The molecule has 3 aromatic rings. The molecule has 1 fully saturated rings. The summed E-state index contributed by atoms with van der Waals surface area (Å²) in [6.07, 6.45) is 3.13. The second-order valence-electron chi connectivity index (χ2n) is 7.90. The van der Waals surface area contributed by atoms with Crippen molar-refractivity contribution in [1.82, 2.24) is 9.88 Å². The number of hydrogen-bond acceptors (Lipinski definition) is 4. The minimum Gasteiger partial charge on any atom is -0.394 e. The van der Waals surface area contributed by atoms with Crippen molar-refractivity contribution in [2.45, 2.75) is 18.0 Å². The molecule has 2 aliphatic heterocycles. The van der Waals surface area contributed by atoms with Crippen molar-refractivity contribution in [3.63, 3.8) is 0 Å². The van der Waals surface area contributed by atoms with Gasteiger partial charge in [-0.3, -0.25) is 14.7 Å². The highest BCUT2D eigenvalue weighted by atomic mass is 35.5. The fourth-order valence-corrected chi connectivity index (χ4v) is 4.85. The number of urea groups is 1. The summed E-state index contributed by atoms with van der Waals surface area (Å²) in [6, 6.07) is 17.1. The Hall–Kier alpha value is -3.42. The van der Waals surface area contributed by atoms with Gasteiger partial charge in [0.1, 0.15) is 0 Å². The zero-order valence-corrected chi connectivity index (χ0v) is 17.8. The zero-order chi connectivity index (χ0) is 22.2. The first-order chi connectivity index (χ1) is 15.6. The van der Waals surface area contributed by atoms with Gasteiger partial charge in [-0.05, 0) is 48.0 Å². The predicted molar refractivity (Wildman–Crippen MR) is 122 cm³/mol. The molecule has 2 aromatic carbocycles. The maximum Gasteiger partial charge on any atom is 0.326 e. The standard InChI is InChI=1S/C24H21ClN4O3/c25-16-7-9-17(10-8-16)27-24(32)28-13-20-22(18-5-1-2-6-19(18)28)21(14-30)29(20)23(31)15-4-3-11-26-12-15/h1-12,20-22,30H,13-14H2,(H,27,32)/t20-,21-,22+/m0/s1. The molecule has 3 amide bonds.